The summed E-state index contributed by atoms with van der Waals surface area (Å²) in [5.74, 6) is 0. The second-order valence-corrected chi connectivity index (χ2v) is 6.22. The van der Waals surface area contributed by atoms with Gasteiger partial charge in [0, 0.05) is 27.6 Å². The van der Waals surface area contributed by atoms with E-state index < -0.39 is 0 Å². The number of thiophene rings is 2. The van der Waals surface area contributed by atoms with E-state index >= 15 is 0 Å². The number of hydrogen-bond donors (Lipinski definition) is 1. The molecule has 2 nitrogen and oxygen atoms in total. The zero-order chi connectivity index (χ0) is 12.1. The lowest BCUT2D eigenvalue weighted by molar-refractivity contribution is 0.0636. The zero-order valence-electron chi connectivity index (χ0n) is 9.89. The third-order valence-electron chi connectivity index (χ3n) is 2.54. The largest absolute Gasteiger partial charge is 0.371 e. The summed E-state index contributed by atoms with van der Waals surface area (Å²) in [6.45, 7) is 3.39. The minimum Gasteiger partial charge on any atom is -0.371 e. The van der Waals surface area contributed by atoms with Crippen molar-refractivity contribution in [2.45, 2.75) is 19.4 Å². The molecule has 2 heterocycles. The minimum absolute atomic E-state index is 0.0497. The van der Waals surface area contributed by atoms with E-state index in [1.807, 2.05) is 0 Å². The number of nitrogens with two attached hydrogens (primary N) is 1. The van der Waals surface area contributed by atoms with Crippen molar-refractivity contribution < 1.29 is 4.74 Å². The SMILES string of the molecule is Cc1ccc(C(CN)OCCc2cccs2)s1. The molecule has 0 aromatic carbocycles. The quantitative estimate of drug-likeness (QED) is 0.871. The summed E-state index contributed by atoms with van der Waals surface area (Å²) in [6.07, 6.45) is 1.02. The van der Waals surface area contributed by atoms with Gasteiger partial charge in [0.05, 0.1) is 6.61 Å². The normalized spacial score (nSPS) is 12.8. The van der Waals surface area contributed by atoms with Crippen LogP contribution in [0.4, 0.5) is 0 Å². The van der Waals surface area contributed by atoms with Crippen molar-refractivity contribution in [3.63, 3.8) is 0 Å². The molecule has 0 amide bonds. The Morgan fingerprint density at radius 3 is 2.82 bits per heavy atom. The van der Waals surface area contributed by atoms with E-state index in [1.54, 1.807) is 22.7 Å². The molecule has 0 saturated carbocycles. The summed E-state index contributed by atoms with van der Waals surface area (Å²) in [5.41, 5.74) is 5.76. The van der Waals surface area contributed by atoms with Crippen molar-refractivity contribution in [1.82, 2.24) is 0 Å². The monoisotopic (exact) mass is 267 g/mol. The molecule has 4 heteroatoms. The van der Waals surface area contributed by atoms with Crippen molar-refractivity contribution in [3.8, 4) is 0 Å². The Kier molecular flexibility index (Phi) is 4.74. The van der Waals surface area contributed by atoms with Gasteiger partial charge >= 0.3 is 0 Å². The number of ether oxygens (including phenoxy) is 1. The molecule has 0 bridgehead atoms. The van der Waals surface area contributed by atoms with Crippen LogP contribution in [0.1, 0.15) is 20.7 Å². The molecule has 2 aromatic heterocycles. The fourth-order valence-corrected chi connectivity index (χ4v) is 3.28. The van der Waals surface area contributed by atoms with Crippen LogP contribution in [0.25, 0.3) is 0 Å². The molecule has 2 aromatic rings. The van der Waals surface area contributed by atoms with Crippen LogP contribution in [0, 0.1) is 6.92 Å². The van der Waals surface area contributed by atoms with Crippen molar-refractivity contribution >= 4 is 22.7 Å². The average Bonchev–Trinajstić information content (AvgIpc) is 2.96. The minimum atomic E-state index is 0.0497. The third-order valence-corrected chi connectivity index (χ3v) is 4.57. The molecule has 0 aliphatic heterocycles. The van der Waals surface area contributed by atoms with Crippen molar-refractivity contribution in [1.29, 1.82) is 0 Å². The lowest BCUT2D eigenvalue weighted by atomic mass is 10.3. The molecule has 0 radical (unpaired) electrons. The molecule has 0 aliphatic carbocycles. The van der Waals surface area contributed by atoms with Crippen LogP contribution in [0.5, 0.6) is 0 Å². The van der Waals surface area contributed by atoms with E-state index in [4.69, 9.17) is 10.5 Å². The van der Waals surface area contributed by atoms with Crippen LogP contribution in [0.2, 0.25) is 0 Å². The van der Waals surface area contributed by atoms with Crippen molar-refractivity contribution in [2.24, 2.45) is 5.73 Å². The van der Waals surface area contributed by atoms with Gasteiger partial charge < -0.3 is 10.5 Å². The molecule has 0 spiro atoms. The molecular weight excluding hydrogens is 250 g/mol. The Morgan fingerprint density at radius 1 is 1.35 bits per heavy atom. The number of hydrogen-bond acceptors (Lipinski definition) is 4. The predicted molar refractivity (Wildman–Crippen MR) is 74.8 cm³/mol. The van der Waals surface area contributed by atoms with Crippen LogP contribution in [-0.2, 0) is 11.2 Å². The molecule has 0 aliphatic rings. The number of rotatable bonds is 6. The summed E-state index contributed by atoms with van der Waals surface area (Å²) >= 11 is 3.54. The van der Waals surface area contributed by atoms with Gasteiger partial charge in [0.15, 0.2) is 0 Å². The van der Waals surface area contributed by atoms with Crippen LogP contribution < -0.4 is 5.73 Å². The van der Waals surface area contributed by atoms with E-state index in [2.05, 4.69) is 36.6 Å². The van der Waals surface area contributed by atoms with Crippen LogP contribution >= 0.6 is 22.7 Å². The summed E-state index contributed by atoms with van der Waals surface area (Å²) in [7, 11) is 0. The zero-order valence-corrected chi connectivity index (χ0v) is 11.5. The highest BCUT2D eigenvalue weighted by molar-refractivity contribution is 7.12. The smallest absolute Gasteiger partial charge is 0.104 e. The standard InChI is InChI=1S/C13H17NOS2/c1-10-4-5-13(17-10)12(9-14)15-7-6-11-3-2-8-16-11/h2-5,8,12H,6-7,9,14H2,1H3. The van der Waals surface area contributed by atoms with Gasteiger partial charge in [-0.25, -0.2) is 0 Å². The maximum Gasteiger partial charge on any atom is 0.104 e. The van der Waals surface area contributed by atoms with Gasteiger partial charge in [-0.15, -0.1) is 22.7 Å². The Morgan fingerprint density at radius 2 is 2.24 bits per heavy atom. The summed E-state index contributed by atoms with van der Waals surface area (Å²) < 4.78 is 5.86. The second kappa shape index (κ2) is 6.31. The lowest BCUT2D eigenvalue weighted by Gasteiger charge is -2.13. The molecule has 1 unspecified atom stereocenters. The maximum atomic E-state index is 5.86. The summed E-state index contributed by atoms with van der Waals surface area (Å²) in [6, 6.07) is 8.44. The van der Waals surface area contributed by atoms with Gasteiger partial charge in [0.1, 0.15) is 6.10 Å². The van der Waals surface area contributed by atoms with E-state index in [0.29, 0.717) is 6.54 Å². The predicted octanol–water partition coefficient (Wildman–Crippen LogP) is 3.38. The first-order valence-electron chi connectivity index (χ1n) is 5.70. The first kappa shape index (κ1) is 12.8. The number of aryl methyl sites for hydroxylation is 1. The van der Waals surface area contributed by atoms with Gasteiger partial charge in [-0.2, -0.15) is 0 Å². The highest BCUT2D eigenvalue weighted by Crippen LogP contribution is 2.25. The fraction of sp³-hybridized carbons (Fsp3) is 0.385. The van der Waals surface area contributed by atoms with E-state index in [9.17, 15) is 0 Å². The Hall–Kier alpha value is -0.680. The van der Waals surface area contributed by atoms with Crippen LogP contribution in [-0.4, -0.2) is 13.2 Å². The van der Waals surface area contributed by atoms with Crippen LogP contribution in [0.3, 0.4) is 0 Å². The average molecular weight is 267 g/mol. The van der Waals surface area contributed by atoms with Gasteiger partial charge in [-0.1, -0.05) is 6.07 Å². The van der Waals surface area contributed by atoms with E-state index in [1.165, 1.54) is 14.6 Å². The van der Waals surface area contributed by atoms with E-state index in [-0.39, 0.29) is 6.10 Å². The Bertz CT molecular complexity index is 436. The molecule has 0 saturated heterocycles. The van der Waals surface area contributed by atoms with Crippen molar-refractivity contribution in [3.05, 3.63) is 44.3 Å². The Balaban J connectivity index is 1.84. The molecule has 0 fully saturated rings. The molecule has 2 N–H and O–H groups in total. The molecule has 2 rings (SSSR count). The highest BCUT2D eigenvalue weighted by Gasteiger charge is 2.11. The fourth-order valence-electron chi connectivity index (χ4n) is 1.65. The second-order valence-electron chi connectivity index (χ2n) is 3.87. The van der Waals surface area contributed by atoms with E-state index in [0.717, 1.165) is 13.0 Å². The van der Waals surface area contributed by atoms with Gasteiger partial charge in [0.25, 0.3) is 0 Å². The first-order chi connectivity index (χ1) is 8.29. The lowest BCUT2D eigenvalue weighted by Crippen LogP contribution is -2.16. The molecular formula is C13H17NOS2. The van der Waals surface area contributed by atoms with Gasteiger partial charge in [0.2, 0.25) is 0 Å². The van der Waals surface area contributed by atoms with Crippen molar-refractivity contribution in [2.75, 3.05) is 13.2 Å². The van der Waals surface area contributed by atoms with Gasteiger partial charge in [-0.05, 0) is 30.5 Å². The Labute approximate surface area is 110 Å². The maximum absolute atomic E-state index is 5.86. The summed E-state index contributed by atoms with van der Waals surface area (Å²) in [4.78, 5) is 3.90. The van der Waals surface area contributed by atoms with Crippen LogP contribution in [0.15, 0.2) is 29.6 Å². The third kappa shape index (κ3) is 3.64. The molecule has 17 heavy (non-hydrogen) atoms. The highest BCUT2D eigenvalue weighted by atomic mass is 32.1. The summed E-state index contributed by atoms with van der Waals surface area (Å²) in [5, 5.41) is 2.10. The topological polar surface area (TPSA) is 35.2 Å². The van der Waals surface area contributed by atoms with Gasteiger partial charge in [-0.3, -0.25) is 0 Å². The molecule has 1 atom stereocenters. The molecule has 92 valence electrons. The first-order valence-corrected chi connectivity index (χ1v) is 7.39.